The van der Waals surface area contributed by atoms with Gasteiger partial charge in [-0.1, -0.05) is 18.2 Å². The summed E-state index contributed by atoms with van der Waals surface area (Å²) in [6, 6.07) is 7.93. The molecule has 49 valence electrons. The van der Waals surface area contributed by atoms with Crippen LogP contribution in [0.5, 0.6) is 0 Å². The Hall–Kier alpha value is -1.24. The van der Waals surface area contributed by atoms with Crippen molar-refractivity contribution in [1.82, 2.24) is 0 Å². The monoisotopic (exact) mass is 131 g/mol. The number of para-hydroxylation sites is 1. The van der Waals surface area contributed by atoms with Crippen molar-refractivity contribution < 1.29 is 4.42 Å². The van der Waals surface area contributed by atoms with Crippen molar-refractivity contribution in [3.8, 4) is 0 Å². The first-order valence-corrected chi connectivity index (χ1v) is 3.24. The molecule has 1 aromatic heterocycles. The number of aryl methyl sites for hydroxylation is 1. The second-order valence-corrected chi connectivity index (χ2v) is 2.33. The van der Waals surface area contributed by atoms with Gasteiger partial charge in [0.05, 0.1) is 0 Å². The van der Waals surface area contributed by atoms with Crippen molar-refractivity contribution in [1.29, 1.82) is 0 Å². The number of hydrogen-bond acceptors (Lipinski definition) is 1. The van der Waals surface area contributed by atoms with Crippen molar-refractivity contribution in [3.05, 3.63) is 36.1 Å². The van der Waals surface area contributed by atoms with Crippen molar-refractivity contribution in [3.63, 3.8) is 0 Å². The predicted molar refractivity (Wildman–Crippen MR) is 39.8 cm³/mol. The molecule has 1 nitrogen and oxygen atoms in total. The average Bonchev–Trinajstić information content (AvgIpc) is 2.34. The molecule has 1 radical (unpaired) electrons. The molecule has 1 heterocycles. The summed E-state index contributed by atoms with van der Waals surface area (Å²) < 4.78 is 5.12. The molecule has 0 saturated carbocycles. The minimum Gasteiger partial charge on any atom is -0.452 e. The number of benzene rings is 1. The Labute approximate surface area is 59.3 Å². The highest BCUT2D eigenvalue weighted by Crippen LogP contribution is 2.18. The molecule has 10 heavy (non-hydrogen) atoms. The second kappa shape index (κ2) is 1.87. The molecule has 0 atom stereocenters. The summed E-state index contributed by atoms with van der Waals surface area (Å²) in [7, 11) is 0. The van der Waals surface area contributed by atoms with Gasteiger partial charge in [-0.05, 0) is 13.0 Å². The maximum atomic E-state index is 5.12. The Morgan fingerprint density at radius 2 is 2.10 bits per heavy atom. The Bertz CT molecular complexity index is 346. The normalized spacial score (nSPS) is 10.5. The van der Waals surface area contributed by atoms with Crippen LogP contribution in [-0.4, -0.2) is 0 Å². The third-order valence-electron chi connectivity index (χ3n) is 1.61. The molecule has 2 rings (SSSR count). The van der Waals surface area contributed by atoms with E-state index in [0.717, 1.165) is 16.5 Å². The Balaban J connectivity index is 2.93. The summed E-state index contributed by atoms with van der Waals surface area (Å²) >= 11 is 0. The van der Waals surface area contributed by atoms with E-state index in [1.807, 2.05) is 31.2 Å². The van der Waals surface area contributed by atoms with Crippen LogP contribution in [0, 0.1) is 13.2 Å². The van der Waals surface area contributed by atoms with Gasteiger partial charge >= 0.3 is 0 Å². The summed E-state index contributed by atoms with van der Waals surface area (Å²) in [6.07, 6.45) is 2.80. The van der Waals surface area contributed by atoms with E-state index >= 15 is 0 Å². The molecule has 2 aromatic rings. The van der Waals surface area contributed by atoms with Crippen LogP contribution in [-0.2, 0) is 0 Å². The average molecular weight is 131 g/mol. The molecule has 1 heteroatoms. The quantitative estimate of drug-likeness (QED) is 0.535. The zero-order chi connectivity index (χ0) is 6.97. The van der Waals surface area contributed by atoms with Gasteiger partial charge < -0.3 is 4.42 Å². The smallest absolute Gasteiger partial charge is 0.173 e. The first-order valence-electron chi connectivity index (χ1n) is 3.24. The van der Waals surface area contributed by atoms with Crippen LogP contribution in [0.15, 0.2) is 28.7 Å². The third kappa shape index (κ3) is 0.637. The zero-order valence-electron chi connectivity index (χ0n) is 5.72. The van der Waals surface area contributed by atoms with Crippen LogP contribution >= 0.6 is 0 Å². The van der Waals surface area contributed by atoms with Gasteiger partial charge in [-0.25, -0.2) is 0 Å². The van der Waals surface area contributed by atoms with Crippen molar-refractivity contribution in [2.75, 3.05) is 0 Å². The summed E-state index contributed by atoms with van der Waals surface area (Å²) in [5.74, 6) is 0. The summed E-state index contributed by atoms with van der Waals surface area (Å²) in [4.78, 5) is 0. The van der Waals surface area contributed by atoms with Gasteiger partial charge in [-0.2, -0.15) is 0 Å². The van der Waals surface area contributed by atoms with Crippen molar-refractivity contribution in [2.24, 2.45) is 0 Å². The minimum atomic E-state index is 0.917. The van der Waals surface area contributed by atoms with Crippen LogP contribution in [0.4, 0.5) is 0 Å². The summed E-state index contributed by atoms with van der Waals surface area (Å²) in [5.41, 5.74) is 2.00. The van der Waals surface area contributed by atoms with Crippen molar-refractivity contribution in [2.45, 2.75) is 6.92 Å². The molecule has 0 aliphatic rings. The molecule has 0 saturated heterocycles. The van der Waals surface area contributed by atoms with Gasteiger partial charge in [0.2, 0.25) is 0 Å². The number of rotatable bonds is 0. The molecule has 0 aliphatic carbocycles. The lowest BCUT2D eigenvalue weighted by Crippen LogP contribution is -1.64. The summed E-state index contributed by atoms with van der Waals surface area (Å²) in [6.45, 7) is 1.99. The van der Waals surface area contributed by atoms with Gasteiger partial charge in [0.1, 0.15) is 5.58 Å². The van der Waals surface area contributed by atoms with E-state index in [1.54, 1.807) is 0 Å². The lowest BCUT2D eigenvalue weighted by Gasteiger charge is -1.84. The summed E-state index contributed by atoms with van der Waals surface area (Å²) in [5, 5.41) is 1.16. The van der Waals surface area contributed by atoms with Crippen LogP contribution in [0.1, 0.15) is 5.56 Å². The van der Waals surface area contributed by atoms with E-state index in [0.29, 0.717) is 0 Å². The van der Waals surface area contributed by atoms with E-state index in [-0.39, 0.29) is 0 Å². The Morgan fingerprint density at radius 3 is 2.90 bits per heavy atom. The maximum absolute atomic E-state index is 5.12. The molecule has 0 bridgehead atoms. The first-order chi connectivity index (χ1) is 4.88. The topological polar surface area (TPSA) is 13.1 Å². The Kier molecular flexibility index (Phi) is 1.04. The standard InChI is InChI=1S/C9H7O/c1-7-6-10-9-5-3-2-4-8(7)9/h2-5H,1H3. The first kappa shape index (κ1) is 5.54. The SMILES string of the molecule is Cc1[c]oc2ccccc12. The number of furan rings is 1. The molecule has 0 spiro atoms. The molecular weight excluding hydrogens is 124 g/mol. The highest BCUT2D eigenvalue weighted by molar-refractivity contribution is 5.80. The van der Waals surface area contributed by atoms with Crippen LogP contribution in [0.2, 0.25) is 0 Å². The van der Waals surface area contributed by atoms with Crippen LogP contribution in [0.25, 0.3) is 11.0 Å². The zero-order valence-corrected chi connectivity index (χ0v) is 5.72. The molecule has 0 amide bonds. The number of fused-ring (bicyclic) bond motifs is 1. The van der Waals surface area contributed by atoms with E-state index in [2.05, 4.69) is 6.26 Å². The molecule has 1 aromatic carbocycles. The van der Waals surface area contributed by atoms with Gasteiger partial charge in [-0.3, -0.25) is 0 Å². The fraction of sp³-hybridized carbons (Fsp3) is 0.111. The van der Waals surface area contributed by atoms with Gasteiger partial charge in [-0.15, -0.1) is 0 Å². The van der Waals surface area contributed by atoms with E-state index in [1.165, 1.54) is 0 Å². The van der Waals surface area contributed by atoms with E-state index in [4.69, 9.17) is 4.42 Å². The Morgan fingerprint density at radius 1 is 1.30 bits per heavy atom. The molecular formula is C9H7O. The second-order valence-electron chi connectivity index (χ2n) is 2.33. The lowest BCUT2D eigenvalue weighted by atomic mass is 10.2. The highest BCUT2D eigenvalue weighted by atomic mass is 16.3. The van der Waals surface area contributed by atoms with Gasteiger partial charge in [0.25, 0.3) is 0 Å². The molecule has 0 fully saturated rings. The largest absolute Gasteiger partial charge is 0.452 e. The predicted octanol–water partition coefficient (Wildman–Crippen LogP) is 2.54. The van der Waals surface area contributed by atoms with Gasteiger partial charge in [0.15, 0.2) is 6.26 Å². The van der Waals surface area contributed by atoms with Gasteiger partial charge in [0, 0.05) is 10.9 Å². The van der Waals surface area contributed by atoms with Crippen LogP contribution in [0.3, 0.4) is 0 Å². The van der Waals surface area contributed by atoms with E-state index < -0.39 is 0 Å². The molecule has 0 aliphatic heterocycles. The van der Waals surface area contributed by atoms with E-state index in [9.17, 15) is 0 Å². The molecule has 0 N–H and O–H groups in total. The highest BCUT2D eigenvalue weighted by Gasteiger charge is 1.98. The number of hydrogen-bond donors (Lipinski definition) is 0. The fourth-order valence-electron chi connectivity index (χ4n) is 1.05. The maximum Gasteiger partial charge on any atom is 0.173 e. The molecule has 0 unspecified atom stereocenters. The minimum absolute atomic E-state index is 0.917. The third-order valence-corrected chi connectivity index (χ3v) is 1.61. The van der Waals surface area contributed by atoms with Crippen molar-refractivity contribution >= 4 is 11.0 Å². The fourth-order valence-corrected chi connectivity index (χ4v) is 1.05. The van der Waals surface area contributed by atoms with Crippen LogP contribution < -0.4 is 0 Å². The lowest BCUT2D eigenvalue weighted by molar-refractivity contribution is 0.603.